The lowest BCUT2D eigenvalue weighted by Gasteiger charge is -2.13. The molecule has 0 aliphatic carbocycles. The standard InChI is InChI=1S/C19H28N4O2/c1-4-5-6-7-18-20-16-14-15(9-11-19(24)21-25)8-10-17(16)23(18)13-12-22(2)3/h8-11,14,25H,4-7,12-13H2,1-3H3,(H,21,24). The Kier molecular flexibility index (Phi) is 7.16. The normalized spacial score (nSPS) is 11.7. The molecule has 0 aliphatic rings. The van der Waals surface area contributed by atoms with Crippen LogP contribution in [-0.4, -0.2) is 46.2 Å². The van der Waals surface area contributed by atoms with Crippen LogP contribution < -0.4 is 5.48 Å². The third kappa shape index (κ3) is 5.41. The van der Waals surface area contributed by atoms with Crippen LogP contribution >= 0.6 is 0 Å². The van der Waals surface area contributed by atoms with E-state index in [9.17, 15) is 4.79 Å². The van der Waals surface area contributed by atoms with E-state index in [1.54, 1.807) is 11.6 Å². The van der Waals surface area contributed by atoms with E-state index >= 15 is 0 Å². The van der Waals surface area contributed by atoms with Gasteiger partial charge in [-0.2, -0.15) is 0 Å². The summed E-state index contributed by atoms with van der Waals surface area (Å²) in [6, 6.07) is 6.00. The van der Waals surface area contributed by atoms with Gasteiger partial charge in [0.1, 0.15) is 5.82 Å². The number of benzene rings is 1. The zero-order valence-corrected chi connectivity index (χ0v) is 15.3. The van der Waals surface area contributed by atoms with E-state index in [0.717, 1.165) is 48.4 Å². The molecule has 0 atom stereocenters. The first-order valence-corrected chi connectivity index (χ1v) is 8.81. The van der Waals surface area contributed by atoms with E-state index in [4.69, 9.17) is 10.2 Å². The summed E-state index contributed by atoms with van der Waals surface area (Å²) in [5, 5.41) is 8.56. The molecule has 2 aromatic rings. The van der Waals surface area contributed by atoms with Crippen molar-refractivity contribution in [2.75, 3.05) is 20.6 Å². The molecule has 1 aromatic heterocycles. The van der Waals surface area contributed by atoms with Gasteiger partial charge in [0, 0.05) is 25.6 Å². The van der Waals surface area contributed by atoms with Crippen molar-refractivity contribution in [2.45, 2.75) is 39.2 Å². The first-order valence-electron chi connectivity index (χ1n) is 8.81. The molecule has 0 bridgehead atoms. The topological polar surface area (TPSA) is 70.4 Å². The smallest absolute Gasteiger partial charge is 0.267 e. The number of aromatic nitrogens is 2. The molecule has 25 heavy (non-hydrogen) atoms. The molecule has 2 N–H and O–H groups in total. The average Bonchev–Trinajstić information content (AvgIpc) is 2.94. The molecule has 0 fully saturated rings. The lowest BCUT2D eigenvalue weighted by Crippen LogP contribution is -2.19. The van der Waals surface area contributed by atoms with E-state index in [1.807, 2.05) is 12.1 Å². The highest BCUT2D eigenvalue weighted by atomic mass is 16.5. The van der Waals surface area contributed by atoms with Crippen LogP contribution in [0.15, 0.2) is 24.3 Å². The molecule has 6 heteroatoms. The minimum absolute atomic E-state index is 0.545. The summed E-state index contributed by atoms with van der Waals surface area (Å²) in [5.41, 5.74) is 4.54. The molecule has 0 saturated heterocycles. The molecule has 0 saturated carbocycles. The number of unbranched alkanes of at least 4 members (excludes halogenated alkanes) is 2. The van der Waals surface area contributed by atoms with Gasteiger partial charge < -0.3 is 9.47 Å². The van der Waals surface area contributed by atoms with Crippen LogP contribution in [0.1, 0.15) is 37.6 Å². The Hall–Kier alpha value is -2.18. The zero-order chi connectivity index (χ0) is 18.2. The number of hydroxylamine groups is 1. The summed E-state index contributed by atoms with van der Waals surface area (Å²) in [6.07, 6.45) is 7.49. The monoisotopic (exact) mass is 344 g/mol. The third-order valence-corrected chi connectivity index (χ3v) is 4.16. The molecule has 0 spiro atoms. The van der Waals surface area contributed by atoms with E-state index < -0.39 is 5.91 Å². The van der Waals surface area contributed by atoms with Crippen molar-refractivity contribution in [1.82, 2.24) is 19.9 Å². The molecule has 2 rings (SSSR count). The minimum atomic E-state index is -0.545. The lowest BCUT2D eigenvalue weighted by molar-refractivity contribution is -0.124. The summed E-state index contributed by atoms with van der Waals surface area (Å²) in [7, 11) is 4.15. The Morgan fingerprint density at radius 3 is 2.84 bits per heavy atom. The van der Waals surface area contributed by atoms with Crippen LogP contribution in [0.5, 0.6) is 0 Å². The summed E-state index contributed by atoms with van der Waals surface area (Å²) in [6.45, 7) is 4.08. The van der Waals surface area contributed by atoms with Crippen molar-refractivity contribution in [3.63, 3.8) is 0 Å². The van der Waals surface area contributed by atoms with Gasteiger partial charge in [0.25, 0.3) is 5.91 Å². The second-order valence-corrected chi connectivity index (χ2v) is 6.50. The minimum Gasteiger partial charge on any atom is -0.327 e. The van der Waals surface area contributed by atoms with Gasteiger partial charge in [-0.25, -0.2) is 10.5 Å². The number of nitrogens with zero attached hydrogens (tertiary/aromatic N) is 3. The van der Waals surface area contributed by atoms with Crippen LogP contribution in [0.3, 0.4) is 0 Å². The Morgan fingerprint density at radius 2 is 2.16 bits per heavy atom. The number of amides is 1. The second kappa shape index (κ2) is 9.34. The van der Waals surface area contributed by atoms with Crippen molar-refractivity contribution in [2.24, 2.45) is 0 Å². The van der Waals surface area contributed by atoms with Gasteiger partial charge in [-0.3, -0.25) is 10.0 Å². The summed E-state index contributed by atoms with van der Waals surface area (Å²) in [4.78, 5) is 18.1. The largest absolute Gasteiger partial charge is 0.327 e. The van der Waals surface area contributed by atoms with Crippen LogP contribution in [0.4, 0.5) is 0 Å². The first kappa shape index (κ1) is 19.1. The molecule has 0 radical (unpaired) electrons. The molecular formula is C19H28N4O2. The number of imidazole rings is 1. The number of likely N-dealkylation sites (N-methyl/N-ethyl adjacent to an activating group) is 1. The van der Waals surface area contributed by atoms with Gasteiger partial charge >= 0.3 is 0 Å². The molecule has 6 nitrogen and oxygen atoms in total. The van der Waals surface area contributed by atoms with Gasteiger partial charge in [-0.05, 0) is 44.3 Å². The quantitative estimate of drug-likeness (QED) is 0.318. The van der Waals surface area contributed by atoms with E-state index in [1.165, 1.54) is 18.9 Å². The molecule has 1 amide bonds. The fourth-order valence-electron chi connectivity index (χ4n) is 2.78. The molecule has 0 aliphatic heterocycles. The van der Waals surface area contributed by atoms with Gasteiger partial charge in [-0.15, -0.1) is 0 Å². The maximum Gasteiger partial charge on any atom is 0.267 e. The highest BCUT2D eigenvalue weighted by molar-refractivity contribution is 5.91. The van der Waals surface area contributed by atoms with E-state index in [0.29, 0.717) is 0 Å². The fraction of sp³-hybridized carbons (Fsp3) is 0.474. The average molecular weight is 344 g/mol. The summed E-state index contributed by atoms with van der Waals surface area (Å²) in [5.74, 6) is 0.580. The number of hydrogen-bond acceptors (Lipinski definition) is 4. The molecular weight excluding hydrogens is 316 g/mol. The summed E-state index contributed by atoms with van der Waals surface area (Å²) < 4.78 is 2.30. The number of fused-ring (bicyclic) bond motifs is 1. The van der Waals surface area contributed by atoms with Gasteiger partial charge in [0.15, 0.2) is 0 Å². The maximum atomic E-state index is 11.1. The number of rotatable bonds is 9. The predicted molar refractivity (Wildman–Crippen MR) is 100 cm³/mol. The predicted octanol–water partition coefficient (Wildman–Crippen LogP) is 2.85. The van der Waals surface area contributed by atoms with Gasteiger partial charge in [0.2, 0.25) is 0 Å². The second-order valence-electron chi connectivity index (χ2n) is 6.50. The highest BCUT2D eigenvalue weighted by Crippen LogP contribution is 2.20. The zero-order valence-electron chi connectivity index (χ0n) is 15.3. The SMILES string of the molecule is CCCCCc1nc2cc(C=CC(=O)NO)ccc2n1CCN(C)C. The van der Waals surface area contributed by atoms with Crippen LogP contribution in [-0.2, 0) is 17.8 Å². The maximum absolute atomic E-state index is 11.1. The number of carbonyl (C=O) groups is 1. The fourth-order valence-corrected chi connectivity index (χ4v) is 2.78. The molecule has 1 aromatic carbocycles. The third-order valence-electron chi connectivity index (χ3n) is 4.16. The van der Waals surface area contributed by atoms with Crippen LogP contribution in [0.2, 0.25) is 0 Å². The van der Waals surface area contributed by atoms with Crippen molar-refractivity contribution in [3.05, 3.63) is 35.7 Å². The van der Waals surface area contributed by atoms with Crippen LogP contribution in [0.25, 0.3) is 17.1 Å². The summed E-state index contributed by atoms with van der Waals surface area (Å²) >= 11 is 0. The number of aryl methyl sites for hydroxylation is 1. The Morgan fingerprint density at radius 1 is 1.36 bits per heavy atom. The lowest BCUT2D eigenvalue weighted by atomic mass is 10.2. The van der Waals surface area contributed by atoms with Gasteiger partial charge in [0.05, 0.1) is 11.0 Å². The number of nitrogens with one attached hydrogen (secondary N) is 1. The molecule has 136 valence electrons. The van der Waals surface area contributed by atoms with E-state index in [-0.39, 0.29) is 0 Å². The molecule has 0 unspecified atom stereocenters. The Labute approximate surface area is 149 Å². The van der Waals surface area contributed by atoms with E-state index in [2.05, 4.69) is 36.6 Å². The van der Waals surface area contributed by atoms with Crippen molar-refractivity contribution in [1.29, 1.82) is 0 Å². The Balaban J connectivity index is 2.31. The Bertz CT molecular complexity index is 734. The first-order chi connectivity index (χ1) is 12.0. The van der Waals surface area contributed by atoms with Crippen molar-refractivity contribution >= 4 is 23.0 Å². The van der Waals surface area contributed by atoms with Crippen molar-refractivity contribution in [3.8, 4) is 0 Å². The van der Waals surface area contributed by atoms with Crippen LogP contribution in [0, 0.1) is 0 Å². The number of carbonyl (C=O) groups excluding carboxylic acids is 1. The van der Waals surface area contributed by atoms with Crippen molar-refractivity contribution < 1.29 is 10.0 Å². The molecule has 1 heterocycles. The van der Waals surface area contributed by atoms with Gasteiger partial charge in [-0.1, -0.05) is 25.8 Å². The number of hydrogen-bond donors (Lipinski definition) is 2. The highest BCUT2D eigenvalue weighted by Gasteiger charge is 2.11.